The Labute approximate surface area is 84.4 Å². The predicted octanol–water partition coefficient (Wildman–Crippen LogP) is 0.245. The van der Waals surface area contributed by atoms with Crippen molar-refractivity contribution in [2.24, 2.45) is 10.9 Å². The van der Waals surface area contributed by atoms with Gasteiger partial charge < -0.3 is 5.32 Å². The SMILES string of the molecule is CC(C)C1N=C(CN2CCC2)NC1=O. The molecule has 0 aromatic rings. The van der Waals surface area contributed by atoms with Crippen LogP contribution in [-0.4, -0.2) is 42.3 Å². The van der Waals surface area contributed by atoms with E-state index in [0.717, 1.165) is 25.5 Å². The van der Waals surface area contributed by atoms with Gasteiger partial charge in [0.05, 0.1) is 6.54 Å². The Kier molecular flexibility index (Phi) is 2.54. The number of amidine groups is 1. The van der Waals surface area contributed by atoms with Gasteiger partial charge in [0, 0.05) is 0 Å². The van der Waals surface area contributed by atoms with Crippen LogP contribution in [0.15, 0.2) is 4.99 Å². The summed E-state index contributed by atoms with van der Waals surface area (Å²) in [4.78, 5) is 18.2. The lowest BCUT2D eigenvalue weighted by Crippen LogP contribution is -2.44. The fourth-order valence-corrected chi connectivity index (χ4v) is 1.76. The number of carbonyl (C=O) groups excluding carboxylic acids is 1. The first kappa shape index (κ1) is 9.65. The molecule has 0 aromatic carbocycles. The summed E-state index contributed by atoms with van der Waals surface area (Å²) in [5.74, 6) is 1.22. The molecular weight excluding hydrogens is 178 g/mol. The highest BCUT2D eigenvalue weighted by Gasteiger charge is 2.30. The van der Waals surface area contributed by atoms with E-state index in [0.29, 0.717) is 5.92 Å². The molecule has 4 heteroatoms. The Bertz CT molecular complexity index is 269. The molecule has 1 N–H and O–H groups in total. The third kappa shape index (κ3) is 1.80. The summed E-state index contributed by atoms with van der Waals surface area (Å²) in [7, 11) is 0. The first-order valence-corrected chi connectivity index (χ1v) is 5.26. The molecule has 0 bridgehead atoms. The maximum absolute atomic E-state index is 11.5. The monoisotopic (exact) mass is 195 g/mol. The number of nitrogens with zero attached hydrogens (tertiary/aromatic N) is 2. The summed E-state index contributed by atoms with van der Waals surface area (Å²) in [5.41, 5.74) is 0. The topological polar surface area (TPSA) is 44.7 Å². The number of nitrogens with one attached hydrogen (secondary N) is 1. The highest BCUT2D eigenvalue weighted by molar-refractivity contribution is 6.06. The van der Waals surface area contributed by atoms with Crippen LogP contribution >= 0.6 is 0 Å². The Morgan fingerprint density at radius 2 is 2.29 bits per heavy atom. The van der Waals surface area contributed by atoms with E-state index in [2.05, 4.69) is 15.2 Å². The van der Waals surface area contributed by atoms with Gasteiger partial charge in [0.1, 0.15) is 11.9 Å². The van der Waals surface area contributed by atoms with Crippen molar-refractivity contribution >= 4 is 11.7 Å². The van der Waals surface area contributed by atoms with Gasteiger partial charge in [-0.25, -0.2) is 0 Å². The van der Waals surface area contributed by atoms with Gasteiger partial charge in [-0.1, -0.05) is 13.8 Å². The maximum Gasteiger partial charge on any atom is 0.250 e. The number of hydrogen-bond donors (Lipinski definition) is 1. The van der Waals surface area contributed by atoms with Crippen molar-refractivity contribution in [2.75, 3.05) is 19.6 Å². The zero-order chi connectivity index (χ0) is 10.1. The molecule has 1 fully saturated rings. The Hall–Kier alpha value is -0.900. The Morgan fingerprint density at radius 3 is 2.71 bits per heavy atom. The zero-order valence-electron chi connectivity index (χ0n) is 8.79. The first-order valence-electron chi connectivity index (χ1n) is 5.26. The van der Waals surface area contributed by atoms with Crippen LogP contribution in [0, 0.1) is 5.92 Å². The molecule has 0 aromatic heterocycles. The molecule has 2 heterocycles. The summed E-state index contributed by atoms with van der Waals surface area (Å²) in [6, 6.07) is -0.161. The molecule has 0 aliphatic carbocycles. The van der Waals surface area contributed by atoms with E-state index < -0.39 is 0 Å². The Morgan fingerprint density at radius 1 is 1.57 bits per heavy atom. The van der Waals surface area contributed by atoms with E-state index in [4.69, 9.17) is 0 Å². The molecule has 4 nitrogen and oxygen atoms in total. The molecule has 0 radical (unpaired) electrons. The van der Waals surface area contributed by atoms with Crippen molar-refractivity contribution in [3.05, 3.63) is 0 Å². The van der Waals surface area contributed by atoms with Crippen molar-refractivity contribution in [3.8, 4) is 0 Å². The molecule has 1 unspecified atom stereocenters. The highest BCUT2D eigenvalue weighted by Crippen LogP contribution is 2.13. The first-order chi connectivity index (χ1) is 6.66. The smallest absolute Gasteiger partial charge is 0.250 e. The van der Waals surface area contributed by atoms with Crippen LogP contribution in [0.5, 0.6) is 0 Å². The maximum atomic E-state index is 11.5. The standard InChI is InChI=1S/C10H17N3O/c1-7(2)9-10(14)12-8(11-9)6-13-4-3-5-13/h7,9H,3-6H2,1-2H3,(H,11,12,14). The predicted molar refractivity (Wildman–Crippen MR) is 55.3 cm³/mol. The average Bonchev–Trinajstić information content (AvgIpc) is 2.39. The summed E-state index contributed by atoms with van der Waals surface area (Å²) in [6.45, 7) is 7.15. The summed E-state index contributed by atoms with van der Waals surface area (Å²) in [5, 5.41) is 2.85. The number of aliphatic imine (C=N–C) groups is 1. The second kappa shape index (κ2) is 3.69. The van der Waals surface area contributed by atoms with E-state index in [-0.39, 0.29) is 11.9 Å². The van der Waals surface area contributed by atoms with Crippen molar-refractivity contribution in [3.63, 3.8) is 0 Å². The number of likely N-dealkylation sites (tertiary alicyclic amines) is 1. The highest BCUT2D eigenvalue weighted by atomic mass is 16.2. The molecule has 1 saturated heterocycles. The normalized spacial score (nSPS) is 27.5. The second-order valence-corrected chi connectivity index (χ2v) is 4.38. The molecule has 2 aliphatic rings. The lowest BCUT2D eigenvalue weighted by Gasteiger charge is -2.30. The van der Waals surface area contributed by atoms with Crippen molar-refractivity contribution in [1.29, 1.82) is 0 Å². The van der Waals surface area contributed by atoms with E-state index in [1.807, 2.05) is 13.8 Å². The van der Waals surface area contributed by atoms with Gasteiger partial charge in [-0.2, -0.15) is 0 Å². The number of carbonyl (C=O) groups is 1. The van der Waals surface area contributed by atoms with E-state index >= 15 is 0 Å². The van der Waals surface area contributed by atoms with Crippen molar-refractivity contribution in [1.82, 2.24) is 10.2 Å². The number of hydrogen-bond acceptors (Lipinski definition) is 3. The van der Waals surface area contributed by atoms with Crippen LogP contribution < -0.4 is 5.32 Å². The average molecular weight is 195 g/mol. The Balaban J connectivity index is 1.93. The van der Waals surface area contributed by atoms with Crippen LogP contribution in [0.3, 0.4) is 0 Å². The minimum atomic E-state index is -0.161. The molecular formula is C10H17N3O. The molecule has 2 rings (SSSR count). The molecule has 0 spiro atoms. The molecule has 2 aliphatic heterocycles. The van der Waals surface area contributed by atoms with Gasteiger partial charge >= 0.3 is 0 Å². The van der Waals surface area contributed by atoms with Crippen LogP contribution in [0.2, 0.25) is 0 Å². The van der Waals surface area contributed by atoms with Gasteiger partial charge in [-0.05, 0) is 25.4 Å². The third-order valence-electron chi connectivity index (χ3n) is 2.78. The van der Waals surface area contributed by atoms with Gasteiger partial charge in [0.2, 0.25) is 5.91 Å². The number of amides is 1. The van der Waals surface area contributed by atoms with E-state index in [9.17, 15) is 4.79 Å². The summed E-state index contributed by atoms with van der Waals surface area (Å²) >= 11 is 0. The van der Waals surface area contributed by atoms with Gasteiger partial charge in [-0.15, -0.1) is 0 Å². The van der Waals surface area contributed by atoms with Crippen molar-refractivity contribution in [2.45, 2.75) is 26.3 Å². The van der Waals surface area contributed by atoms with Crippen LogP contribution in [-0.2, 0) is 4.79 Å². The van der Waals surface area contributed by atoms with E-state index in [1.165, 1.54) is 6.42 Å². The fraction of sp³-hybridized carbons (Fsp3) is 0.800. The summed E-state index contributed by atoms with van der Waals surface area (Å²) < 4.78 is 0. The molecule has 78 valence electrons. The summed E-state index contributed by atoms with van der Waals surface area (Å²) in [6.07, 6.45) is 1.27. The van der Waals surface area contributed by atoms with Gasteiger partial charge in [-0.3, -0.25) is 14.7 Å². The number of rotatable bonds is 3. The zero-order valence-corrected chi connectivity index (χ0v) is 8.79. The van der Waals surface area contributed by atoms with Crippen LogP contribution in [0.25, 0.3) is 0 Å². The lowest BCUT2D eigenvalue weighted by atomic mass is 10.1. The minimum absolute atomic E-state index is 0.0653. The second-order valence-electron chi connectivity index (χ2n) is 4.38. The molecule has 1 atom stereocenters. The third-order valence-corrected chi connectivity index (χ3v) is 2.78. The molecule has 0 saturated carbocycles. The largest absolute Gasteiger partial charge is 0.312 e. The van der Waals surface area contributed by atoms with Crippen molar-refractivity contribution < 1.29 is 4.79 Å². The van der Waals surface area contributed by atoms with Crippen LogP contribution in [0.4, 0.5) is 0 Å². The minimum Gasteiger partial charge on any atom is -0.312 e. The van der Waals surface area contributed by atoms with Gasteiger partial charge in [0.25, 0.3) is 0 Å². The quantitative estimate of drug-likeness (QED) is 0.701. The lowest BCUT2D eigenvalue weighted by molar-refractivity contribution is -0.120. The van der Waals surface area contributed by atoms with E-state index in [1.54, 1.807) is 0 Å². The van der Waals surface area contributed by atoms with Gasteiger partial charge in [0.15, 0.2) is 0 Å². The fourth-order valence-electron chi connectivity index (χ4n) is 1.76. The molecule has 14 heavy (non-hydrogen) atoms. The molecule has 1 amide bonds. The van der Waals surface area contributed by atoms with Crippen LogP contribution in [0.1, 0.15) is 20.3 Å².